The molecular weight excluding hydrogens is 268 g/mol. The third-order valence-corrected chi connectivity index (χ3v) is 3.29. The second-order valence-corrected chi connectivity index (χ2v) is 5.14. The molecule has 0 spiro atoms. The number of aryl methyl sites for hydroxylation is 3. The highest BCUT2D eigenvalue weighted by atomic mass is 16.1. The van der Waals surface area contributed by atoms with Crippen molar-refractivity contribution in [3.8, 4) is 0 Å². The first kappa shape index (κ1) is 15.1. The van der Waals surface area contributed by atoms with Gasteiger partial charge in [-0.05, 0) is 42.8 Å². The molecular formula is C14H20N6O. The number of aromatic nitrogens is 5. The number of nitrogens with zero attached hydrogens (tertiary/aromatic N) is 5. The maximum Gasteiger partial charge on any atom is 0.222 e. The predicted molar refractivity (Wildman–Crippen MR) is 77.5 cm³/mol. The Balaban J connectivity index is 1.80. The molecule has 1 N–H and O–H groups in total. The van der Waals surface area contributed by atoms with Crippen molar-refractivity contribution in [3.63, 3.8) is 0 Å². The molecule has 0 aromatic carbocycles. The van der Waals surface area contributed by atoms with E-state index in [4.69, 9.17) is 0 Å². The van der Waals surface area contributed by atoms with Gasteiger partial charge in [0, 0.05) is 30.8 Å². The molecule has 0 fully saturated rings. The zero-order valence-electron chi connectivity index (χ0n) is 12.6. The van der Waals surface area contributed by atoms with Crippen LogP contribution in [0.4, 0.5) is 0 Å². The van der Waals surface area contributed by atoms with E-state index >= 15 is 0 Å². The van der Waals surface area contributed by atoms with Crippen molar-refractivity contribution in [1.82, 2.24) is 30.5 Å². The van der Waals surface area contributed by atoms with Gasteiger partial charge in [-0.1, -0.05) is 6.07 Å². The summed E-state index contributed by atoms with van der Waals surface area (Å²) in [6.07, 6.45) is 2.86. The summed E-state index contributed by atoms with van der Waals surface area (Å²) in [5.41, 5.74) is 2.16. The van der Waals surface area contributed by atoms with E-state index in [1.165, 1.54) is 0 Å². The Morgan fingerprint density at radius 2 is 2.24 bits per heavy atom. The Morgan fingerprint density at radius 3 is 2.90 bits per heavy atom. The first-order valence-electron chi connectivity index (χ1n) is 6.99. The smallest absolute Gasteiger partial charge is 0.222 e. The van der Waals surface area contributed by atoms with Crippen LogP contribution in [-0.4, -0.2) is 37.1 Å². The Hall–Kier alpha value is -2.31. The van der Waals surface area contributed by atoms with Crippen LogP contribution in [0.2, 0.25) is 0 Å². The lowest BCUT2D eigenvalue weighted by Gasteiger charge is -2.14. The lowest BCUT2D eigenvalue weighted by Crippen LogP contribution is -2.35. The van der Waals surface area contributed by atoms with E-state index in [-0.39, 0.29) is 11.9 Å². The van der Waals surface area contributed by atoms with Gasteiger partial charge in [-0.3, -0.25) is 9.78 Å². The molecule has 0 bridgehead atoms. The maximum atomic E-state index is 11.9. The molecule has 1 amide bonds. The van der Waals surface area contributed by atoms with Gasteiger partial charge in [0.15, 0.2) is 0 Å². The quantitative estimate of drug-likeness (QED) is 0.850. The molecule has 7 heteroatoms. The molecule has 21 heavy (non-hydrogen) atoms. The summed E-state index contributed by atoms with van der Waals surface area (Å²) in [4.78, 5) is 16.3. The molecule has 7 nitrogen and oxygen atoms in total. The minimum atomic E-state index is -0.00835. The third-order valence-electron chi connectivity index (χ3n) is 3.29. The molecule has 2 heterocycles. The molecule has 2 rings (SSSR count). The Bertz CT molecular complexity index is 609. The Morgan fingerprint density at radius 1 is 1.43 bits per heavy atom. The summed E-state index contributed by atoms with van der Waals surface area (Å²) in [5.74, 6) is 0.700. The first-order chi connectivity index (χ1) is 10.1. The standard InChI is InChI=1S/C14H20N6O/c1-10-5-4-7-15-13(10)9-11(2)16-14(21)6-8-20-12(3)17-18-19-20/h4-5,7,11H,6,8-9H2,1-3H3,(H,16,21)/t11-/m0/s1. The highest BCUT2D eigenvalue weighted by Crippen LogP contribution is 2.06. The molecule has 2 aromatic rings. The van der Waals surface area contributed by atoms with E-state index in [1.807, 2.05) is 32.9 Å². The molecule has 0 aliphatic carbocycles. The minimum absolute atomic E-state index is 0.00835. The van der Waals surface area contributed by atoms with Gasteiger partial charge < -0.3 is 5.32 Å². The summed E-state index contributed by atoms with van der Waals surface area (Å²) < 4.78 is 1.62. The van der Waals surface area contributed by atoms with Crippen LogP contribution >= 0.6 is 0 Å². The average molecular weight is 288 g/mol. The van der Waals surface area contributed by atoms with Crippen molar-refractivity contribution < 1.29 is 4.79 Å². The number of nitrogens with one attached hydrogen (secondary N) is 1. The van der Waals surface area contributed by atoms with E-state index in [0.717, 1.165) is 17.7 Å². The number of amides is 1. The predicted octanol–water partition coefficient (Wildman–Crippen LogP) is 0.822. The normalized spacial score (nSPS) is 12.1. The van der Waals surface area contributed by atoms with Crippen molar-refractivity contribution in [1.29, 1.82) is 0 Å². The molecule has 0 saturated heterocycles. The number of hydrogen-bond acceptors (Lipinski definition) is 5. The van der Waals surface area contributed by atoms with E-state index in [9.17, 15) is 4.79 Å². The Labute approximate surface area is 123 Å². The van der Waals surface area contributed by atoms with Crippen molar-refractivity contribution in [2.45, 2.75) is 46.2 Å². The molecule has 0 aliphatic rings. The summed E-state index contributed by atoms with van der Waals surface area (Å²) in [6, 6.07) is 3.98. The number of rotatable bonds is 6. The fourth-order valence-corrected chi connectivity index (χ4v) is 2.08. The second kappa shape index (κ2) is 6.92. The molecule has 112 valence electrons. The van der Waals surface area contributed by atoms with Crippen LogP contribution in [0.15, 0.2) is 18.3 Å². The van der Waals surface area contributed by atoms with Gasteiger partial charge >= 0.3 is 0 Å². The van der Waals surface area contributed by atoms with Crippen LogP contribution in [0.1, 0.15) is 30.4 Å². The van der Waals surface area contributed by atoms with E-state index in [2.05, 4.69) is 25.8 Å². The highest BCUT2D eigenvalue weighted by molar-refractivity contribution is 5.76. The van der Waals surface area contributed by atoms with Gasteiger partial charge in [-0.2, -0.15) is 0 Å². The summed E-state index contributed by atoms with van der Waals surface area (Å²) in [6.45, 7) is 6.30. The van der Waals surface area contributed by atoms with Crippen LogP contribution in [-0.2, 0) is 17.8 Å². The van der Waals surface area contributed by atoms with Crippen LogP contribution in [0.25, 0.3) is 0 Å². The second-order valence-electron chi connectivity index (χ2n) is 5.14. The molecule has 0 saturated carbocycles. The van der Waals surface area contributed by atoms with Crippen LogP contribution in [0.5, 0.6) is 0 Å². The first-order valence-corrected chi connectivity index (χ1v) is 6.99. The zero-order chi connectivity index (χ0) is 15.2. The highest BCUT2D eigenvalue weighted by Gasteiger charge is 2.11. The summed E-state index contributed by atoms with van der Waals surface area (Å²) in [7, 11) is 0. The lowest BCUT2D eigenvalue weighted by molar-refractivity contribution is -0.121. The average Bonchev–Trinajstić information content (AvgIpc) is 2.84. The third kappa shape index (κ3) is 4.34. The van der Waals surface area contributed by atoms with Crippen molar-refractivity contribution in [2.75, 3.05) is 0 Å². The van der Waals surface area contributed by atoms with Gasteiger partial charge in [-0.25, -0.2) is 4.68 Å². The summed E-state index contributed by atoms with van der Waals surface area (Å²) in [5, 5.41) is 14.1. The van der Waals surface area contributed by atoms with E-state index in [1.54, 1.807) is 10.9 Å². The molecule has 2 aromatic heterocycles. The maximum absolute atomic E-state index is 11.9. The van der Waals surface area contributed by atoms with Gasteiger partial charge in [0.2, 0.25) is 5.91 Å². The number of carbonyl (C=O) groups excluding carboxylic acids is 1. The Kier molecular flexibility index (Phi) is 4.97. The van der Waals surface area contributed by atoms with Crippen molar-refractivity contribution in [2.24, 2.45) is 0 Å². The summed E-state index contributed by atoms with van der Waals surface area (Å²) >= 11 is 0. The number of carbonyl (C=O) groups is 1. The number of hydrogen-bond donors (Lipinski definition) is 1. The topological polar surface area (TPSA) is 85.6 Å². The number of pyridine rings is 1. The van der Waals surface area contributed by atoms with Gasteiger partial charge in [0.05, 0.1) is 6.54 Å². The van der Waals surface area contributed by atoms with Crippen molar-refractivity contribution >= 4 is 5.91 Å². The molecule has 0 unspecified atom stereocenters. The largest absolute Gasteiger partial charge is 0.353 e. The lowest BCUT2D eigenvalue weighted by atomic mass is 10.1. The van der Waals surface area contributed by atoms with Crippen LogP contribution in [0, 0.1) is 13.8 Å². The van der Waals surface area contributed by atoms with E-state index < -0.39 is 0 Å². The zero-order valence-corrected chi connectivity index (χ0v) is 12.6. The molecule has 0 radical (unpaired) electrons. The molecule has 1 atom stereocenters. The minimum Gasteiger partial charge on any atom is -0.353 e. The van der Waals surface area contributed by atoms with Crippen molar-refractivity contribution in [3.05, 3.63) is 35.4 Å². The molecule has 0 aliphatic heterocycles. The SMILES string of the molecule is Cc1cccnc1C[C@H](C)NC(=O)CCn1nnnc1C. The number of tetrazole rings is 1. The fourth-order valence-electron chi connectivity index (χ4n) is 2.08. The fraction of sp³-hybridized carbons (Fsp3) is 0.500. The van der Waals surface area contributed by atoms with Gasteiger partial charge in [0.1, 0.15) is 5.82 Å². The van der Waals surface area contributed by atoms with Crippen LogP contribution in [0.3, 0.4) is 0 Å². The van der Waals surface area contributed by atoms with Gasteiger partial charge in [-0.15, -0.1) is 5.10 Å². The van der Waals surface area contributed by atoms with E-state index in [0.29, 0.717) is 18.8 Å². The monoisotopic (exact) mass is 288 g/mol. The van der Waals surface area contributed by atoms with Crippen LogP contribution < -0.4 is 5.32 Å². The van der Waals surface area contributed by atoms with Gasteiger partial charge in [0.25, 0.3) is 0 Å².